The molecule has 0 saturated heterocycles. The summed E-state index contributed by atoms with van der Waals surface area (Å²) >= 11 is 0. The molecule has 0 unspecified atom stereocenters. The predicted octanol–water partition coefficient (Wildman–Crippen LogP) is 10.1. The molecule has 0 aromatic heterocycles. The first-order chi connectivity index (χ1) is 20.8. The molecule has 0 atom stereocenters. The Morgan fingerprint density at radius 2 is 1.14 bits per heavy atom. The third-order valence-electron chi connectivity index (χ3n) is 8.59. The molecule has 0 fully saturated rings. The number of fused-ring (bicyclic) bond motifs is 6. The molecule has 6 aromatic carbocycles. The Labute approximate surface area is 246 Å². The van der Waals surface area contributed by atoms with E-state index in [0.29, 0.717) is 0 Å². The molecule has 3 nitrogen and oxygen atoms in total. The Hall–Kier alpha value is -5.28. The van der Waals surface area contributed by atoms with Crippen molar-refractivity contribution in [1.82, 2.24) is 0 Å². The number of benzene rings is 6. The van der Waals surface area contributed by atoms with Crippen LogP contribution in [0.1, 0.15) is 29.2 Å². The van der Waals surface area contributed by atoms with E-state index in [1.165, 1.54) is 27.8 Å². The van der Waals surface area contributed by atoms with Crippen LogP contribution in [0.5, 0.6) is 23.0 Å². The molecule has 42 heavy (non-hydrogen) atoms. The highest BCUT2D eigenvalue weighted by atomic mass is 16.6. The van der Waals surface area contributed by atoms with Gasteiger partial charge in [0.25, 0.3) is 0 Å². The van der Waals surface area contributed by atoms with E-state index in [-0.39, 0.29) is 0 Å². The van der Waals surface area contributed by atoms with Gasteiger partial charge in [0, 0.05) is 29.5 Å². The minimum atomic E-state index is -0.478. The van der Waals surface area contributed by atoms with Crippen molar-refractivity contribution in [3.8, 4) is 34.1 Å². The lowest BCUT2D eigenvalue weighted by molar-refractivity contribution is 0.360. The van der Waals surface area contributed by atoms with Crippen LogP contribution >= 0.6 is 0 Å². The van der Waals surface area contributed by atoms with Crippen LogP contribution < -0.4 is 14.4 Å². The van der Waals surface area contributed by atoms with E-state index in [2.05, 4.69) is 145 Å². The van der Waals surface area contributed by atoms with Crippen LogP contribution in [0.3, 0.4) is 0 Å². The van der Waals surface area contributed by atoms with Gasteiger partial charge in [-0.25, -0.2) is 0 Å². The molecule has 0 bridgehead atoms. The average Bonchev–Trinajstić information content (AvgIpc) is 3.37. The Balaban J connectivity index is 1.30. The minimum Gasteiger partial charge on any atom is -0.449 e. The van der Waals surface area contributed by atoms with Gasteiger partial charge in [0.05, 0.1) is 5.41 Å². The smallest absolute Gasteiger partial charge is 0.178 e. The quantitative estimate of drug-likeness (QED) is 0.216. The van der Waals surface area contributed by atoms with Crippen molar-refractivity contribution in [3.05, 3.63) is 168 Å². The predicted molar refractivity (Wildman–Crippen MR) is 169 cm³/mol. The summed E-state index contributed by atoms with van der Waals surface area (Å²) in [6.45, 7) is 3.00. The number of anilines is 2. The SMILES string of the molecule is CCN(c1ccccc1)c1ccc2c(c1)Oc1ccc3c(c1O2)-c1ccccc1C3(c1ccccc1)c1ccccc1. The van der Waals surface area contributed by atoms with E-state index in [0.717, 1.165) is 46.5 Å². The first-order valence-corrected chi connectivity index (χ1v) is 14.5. The fourth-order valence-corrected chi connectivity index (χ4v) is 6.84. The number of para-hydroxylation sites is 1. The summed E-state index contributed by atoms with van der Waals surface area (Å²) < 4.78 is 13.4. The molecular formula is C39H29NO2. The molecule has 0 N–H and O–H groups in total. The maximum atomic E-state index is 6.77. The van der Waals surface area contributed by atoms with Gasteiger partial charge in [-0.3, -0.25) is 0 Å². The van der Waals surface area contributed by atoms with Crippen molar-refractivity contribution in [3.63, 3.8) is 0 Å². The van der Waals surface area contributed by atoms with Crippen molar-refractivity contribution >= 4 is 11.4 Å². The summed E-state index contributed by atoms with van der Waals surface area (Å²) in [6, 6.07) is 51.3. The molecule has 0 amide bonds. The van der Waals surface area contributed by atoms with Crippen LogP contribution in [0.15, 0.2) is 146 Å². The fourth-order valence-electron chi connectivity index (χ4n) is 6.84. The lowest BCUT2D eigenvalue weighted by Crippen LogP contribution is -2.28. The molecule has 0 saturated carbocycles. The number of rotatable bonds is 5. The minimum absolute atomic E-state index is 0.478. The summed E-state index contributed by atoms with van der Waals surface area (Å²) in [7, 11) is 0. The second kappa shape index (κ2) is 9.67. The maximum Gasteiger partial charge on any atom is 0.178 e. The van der Waals surface area contributed by atoms with Gasteiger partial charge < -0.3 is 14.4 Å². The largest absolute Gasteiger partial charge is 0.449 e. The molecule has 6 aromatic rings. The molecular weight excluding hydrogens is 514 g/mol. The topological polar surface area (TPSA) is 21.7 Å². The number of hydrogen-bond donors (Lipinski definition) is 0. The highest BCUT2D eigenvalue weighted by Gasteiger charge is 2.48. The molecule has 2 aliphatic rings. The Morgan fingerprint density at radius 1 is 0.524 bits per heavy atom. The lowest BCUT2D eigenvalue weighted by Gasteiger charge is -2.34. The monoisotopic (exact) mass is 543 g/mol. The molecule has 3 heteroatoms. The number of nitrogens with zero attached hydrogens (tertiary/aromatic N) is 1. The van der Waals surface area contributed by atoms with Crippen molar-refractivity contribution in [2.75, 3.05) is 11.4 Å². The van der Waals surface area contributed by atoms with Crippen molar-refractivity contribution < 1.29 is 9.47 Å². The standard InChI is InChI=1S/C39H29NO2/c1-2-40(29-18-10-5-11-19-29)30-22-24-34-36(26-30)41-35-25-23-33-37(38(35)42-34)31-20-12-13-21-32(31)39(33,27-14-6-3-7-15-27)28-16-8-4-9-17-28/h3-26H,2H2,1H3. The molecule has 1 aliphatic heterocycles. The molecule has 0 spiro atoms. The van der Waals surface area contributed by atoms with Crippen LogP contribution in [-0.4, -0.2) is 6.54 Å². The van der Waals surface area contributed by atoms with Gasteiger partial charge in [-0.2, -0.15) is 0 Å². The van der Waals surface area contributed by atoms with E-state index in [1.807, 2.05) is 12.1 Å². The van der Waals surface area contributed by atoms with Crippen LogP contribution in [0, 0.1) is 0 Å². The van der Waals surface area contributed by atoms with Gasteiger partial charge in [0.15, 0.2) is 23.0 Å². The van der Waals surface area contributed by atoms with Crippen LogP contribution in [0.25, 0.3) is 11.1 Å². The summed E-state index contributed by atoms with van der Waals surface area (Å²) in [5.74, 6) is 2.94. The fraction of sp³-hybridized carbons (Fsp3) is 0.0769. The normalized spacial score (nSPS) is 13.5. The van der Waals surface area contributed by atoms with E-state index >= 15 is 0 Å². The van der Waals surface area contributed by atoms with Crippen molar-refractivity contribution in [2.24, 2.45) is 0 Å². The van der Waals surface area contributed by atoms with Crippen LogP contribution in [-0.2, 0) is 5.41 Å². The van der Waals surface area contributed by atoms with Gasteiger partial charge in [0.1, 0.15) is 0 Å². The van der Waals surface area contributed by atoms with Gasteiger partial charge in [0.2, 0.25) is 0 Å². The summed E-state index contributed by atoms with van der Waals surface area (Å²) in [6.07, 6.45) is 0. The summed E-state index contributed by atoms with van der Waals surface area (Å²) in [5.41, 5.74) is 8.88. The second-order valence-electron chi connectivity index (χ2n) is 10.8. The van der Waals surface area contributed by atoms with Gasteiger partial charge >= 0.3 is 0 Å². The zero-order valence-corrected chi connectivity index (χ0v) is 23.3. The number of ether oxygens (including phenoxy) is 2. The van der Waals surface area contributed by atoms with E-state index < -0.39 is 5.41 Å². The molecule has 1 aliphatic carbocycles. The van der Waals surface area contributed by atoms with Gasteiger partial charge in [-0.15, -0.1) is 0 Å². The first-order valence-electron chi connectivity index (χ1n) is 14.5. The zero-order valence-electron chi connectivity index (χ0n) is 23.3. The lowest BCUT2D eigenvalue weighted by atomic mass is 9.68. The van der Waals surface area contributed by atoms with Crippen molar-refractivity contribution in [2.45, 2.75) is 12.3 Å². The highest BCUT2D eigenvalue weighted by molar-refractivity contribution is 5.92. The summed E-state index contributed by atoms with van der Waals surface area (Å²) in [4.78, 5) is 2.27. The number of hydrogen-bond acceptors (Lipinski definition) is 3. The van der Waals surface area contributed by atoms with E-state index in [9.17, 15) is 0 Å². The third-order valence-corrected chi connectivity index (χ3v) is 8.59. The summed E-state index contributed by atoms with van der Waals surface area (Å²) in [5, 5.41) is 0. The Kier molecular flexibility index (Phi) is 5.65. The Bertz CT molecular complexity index is 1880. The van der Waals surface area contributed by atoms with Crippen LogP contribution in [0.2, 0.25) is 0 Å². The molecule has 0 radical (unpaired) electrons. The second-order valence-corrected chi connectivity index (χ2v) is 10.8. The third kappa shape index (κ3) is 3.53. The first kappa shape index (κ1) is 24.5. The van der Waals surface area contributed by atoms with Crippen LogP contribution in [0.4, 0.5) is 11.4 Å². The van der Waals surface area contributed by atoms with Gasteiger partial charge in [-0.05, 0) is 65.1 Å². The molecule has 1 heterocycles. The van der Waals surface area contributed by atoms with E-state index in [4.69, 9.17) is 9.47 Å². The Morgan fingerprint density at radius 3 is 1.83 bits per heavy atom. The van der Waals surface area contributed by atoms with Gasteiger partial charge in [-0.1, -0.05) is 109 Å². The van der Waals surface area contributed by atoms with E-state index in [1.54, 1.807) is 0 Å². The maximum absolute atomic E-state index is 6.77. The highest BCUT2D eigenvalue weighted by Crippen LogP contribution is 2.62. The molecule has 202 valence electrons. The zero-order chi connectivity index (χ0) is 28.1. The van der Waals surface area contributed by atoms with Crippen molar-refractivity contribution in [1.29, 1.82) is 0 Å². The molecule has 8 rings (SSSR count). The average molecular weight is 544 g/mol.